The summed E-state index contributed by atoms with van der Waals surface area (Å²) in [6.45, 7) is 0.853. The standard InChI is InChI=1S/C20H20N4O4S/c25-19-12-28-18-10-15(5-6-16(18)23-19)29(26,27)24-11-13(9-14-3-1-7-21-14)20-17(24)4-2-8-22-20/h2,4-6,8,10-11,14,21H,1,3,7,9,12H2,(H,23,25)/t14-/m1/s1. The van der Waals surface area contributed by atoms with Gasteiger partial charge in [-0.2, -0.15) is 0 Å². The van der Waals surface area contributed by atoms with Crippen LogP contribution in [0.15, 0.2) is 47.6 Å². The van der Waals surface area contributed by atoms with Gasteiger partial charge in [0.2, 0.25) is 0 Å². The van der Waals surface area contributed by atoms with E-state index in [4.69, 9.17) is 4.74 Å². The number of benzene rings is 1. The van der Waals surface area contributed by atoms with E-state index < -0.39 is 10.0 Å². The molecule has 9 heteroatoms. The third kappa shape index (κ3) is 3.16. The lowest BCUT2D eigenvalue weighted by Crippen LogP contribution is -2.25. The van der Waals surface area contributed by atoms with Crippen molar-refractivity contribution in [2.24, 2.45) is 0 Å². The first-order chi connectivity index (χ1) is 14.0. The third-order valence-corrected chi connectivity index (χ3v) is 7.04. The fourth-order valence-corrected chi connectivity index (χ4v) is 5.36. The molecule has 150 valence electrons. The van der Waals surface area contributed by atoms with Crippen molar-refractivity contribution in [3.63, 3.8) is 0 Å². The minimum Gasteiger partial charge on any atom is -0.482 e. The van der Waals surface area contributed by atoms with Gasteiger partial charge in [-0.3, -0.25) is 9.78 Å². The molecular formula is C20H20N4O4S. The second kappa shape index (κ2) is 6.85. The maximum absolute atomic E-state index is 13.4. The van der Waals surface area contributed by atoms with E-state index in [1.165, 1.54) is 16.1 Å². The fourth-order valence-electron chi connectivity index (χ4n) is 3.97. The molecule has 0 saturated carbocycles. The van der Waals surface area contributed by atoms with Gasteiger partial charge in [-0.15, -0.1) is 0 Å². The van der Waals surface area contributed by atoms with Crippen molar-refractivity contribution in [1.82, 2.24) is 14.3 Å². The van der Waals surface area contributed by atoms with Crippen LogP contribution in [0.3, 0.4) is 0 Å². The summed E-state index contributed by atoms with van der Waals surface area (Å²) in [5.41, 5.74) is 2.62. The van der Waals surface area contributed by atoms with E-state index in [-0.39, 0.29) is 17.4 Å². The lowest BCUT2D eigenvalue weighted by atomic mass is 10.1. The molecule has 1 fully saturated rings. The molecule has 4 heterocycles. The van der Waals surface area contributed by atoms with Gasteiger partial charge in [0, 0.05) is 24.5 Å². The molecule has 8 nitrogen and oxygen atoms in total. The van der Waals surface area contributed by atoms with Gasteiger partial charge in [-0.25, -0.2) is 12.4 Å². The van der Waals surface area contributed by atoms with E-state index in [0.29, 0.717) is 28.5 Å². The van der Waals surface area contributed by atoms with Gasteiger partial charge in [0.15, 0.2) is 6.61 Å². The van der Waals surface area contributed by atoms with Crippen molar-refractivity contribution >= 4 is 32.7 Å². The number of pyridine rings is 1. The maximum atomic E-state index is 13.4. The maximum Gasteiger partial charge on any atom is 0.268 e. The van der Waals surface area contributed by atoms with Gasteiger partial charge < -0.3 is 15.4 Å². The predicted octanol–water partition coefficient (Wildman–Crippen LogP) is 1.90. The number of rotatable bonds is 4. The molecule has 0 unspecified atom stereocenters. The van der Waals surface area contributed by atoms with Crippen molar-refractivity contribution in [3.05, 3.63) is 48.3 Å². The summed E-state index contributed by atoms with van der Waals surface area (Å²) in [5.74, 6) is 0.0800. The van der Waals surface area contributed by atoms with Gasteiger partial charge in [0.1, 0.15) is 5.75 Å². The van der Waals surface area contributed by atoms with Gasteiger partial charge >= 0.3 is 0 Å². The Kier molecular flexibility index (Phi) is 4.29. The normalized spacial score (nSPS) is 19.0. The highest BCUT2D eigenvalue weighted by atomic mass is 32.2. The number of carbonyl (C=O) groups is 1. The van der Waals surface area contributed by atoms with Crippen LogP contribution in [0.2, 0.25) is 0 Å². The minimum absolute atomic E-state index is 0.0960. The second-order valence-electron chi connectivity index (χ2n) is 7.32. The van der Waals surface area contributed by atoms with Crippen molar-refractivity contribution in [1.29, 1.82) is 0 Å². The Morgan fingerprint density at radius 3 is 3.00 bits per heavy atom. The largest absolute Gasteiger partial charge is 0.482 e. The summed E-state index contributed by atoms with van der Waals surface area (Å²) >= 11 is 0. The molecule has 1 amide bonds. The molecule has 2 aliphatic rings. The van der Waals surface area contributed by atoms with Gasteiger partial charge in [-0.1, -0.05) is 0 Å². The molecule has 3 aromatic rings. The Balaban J connectivity index is 1.58. The Morgan fingerprint density at radius 2 is 2.17 bits per heavy atom. The number of hydrogen-bond donors (Lipinski definition) is 2. The molecule has 2 aliphatic heterocycles. The van der Waals surface area contributed by atoms with Crippen LogP contribution in [0.25, 0.3) is 11.0 Å². The molecule has 29 heavy (non-hydrogen) atoms. The van der Waals surface area contributed by atoms with Gasteiger partial charge in [0.25, 0.3) is 15.9 Å². The Morgan fingerprint density at radius 1 is 1.28 bits per heavy atom. The minimum atomic E-state index is -3.86. The van der Waals surface area contributed by atoms with E-state index in [1.807, 2.05) is 0 Å². The molecule has 0 bridgehead atoms. The average Bonchev–Trinajstić information content (AvgIpc) is 3.36. The fraction of sp³-hybridized carbons (Fsp3) is 0.300. The van der Waals surface area contributed by atoms with Crippen molar-refractivity contribution in [2.45, 2.75) is 30.2 Å². The number of hydrogen-bond acceptors (Lipinski definition) is 6. The van der Waals surface area contributed by atoms with Crippen LogP contribution in [0.4, 0.5) is 5.69 Å². The Labute approximate surface area is 167 Å². The molecule has 1 aromatic carbocycles. The summed E-state index contributed by atoms with van der Waals surface area (Å²) in [4.78, 5) is 16.0. The van der Waals surface area contributed by atoms with E-state index in [0.717, 1.165) is 31.4 Å². The van der Waals surface area contributed by atoms with Crippen LogP contribution < -0.4 is 15.4 Å². The first-order valence-electron chi connectivity index (χ1n) is 9.53. The van der Waals surface area contributed by atoms with Crippen molar-refractivity contribution < 1.29 is 17.9 Å². The number of anilines is 1. The molecule has 2 N–H and O–H groups in total. The summed E-state index contributed by atoms with van der Waals surface area (Å²) in [6.07, 6.45) is 6.28. The van der Waals surface area contributed by atoms with Crippen LogP contribution in [0.1, 0.15) is 18.4 Å². The van der Waals surface area contributed by atoms with Crippen LogP contribution in [0.5, 0.6) is 5.75 Å². The number of fused-ring (bicyclic) bond motifs is 2. The zero-order valence-corrected chi connectivity index (χ0v) is 16.4. The van der Waals surface area contributed by atoms with Gasteiger partial charge in [0.05, 0.1) is 21.6 Å². The molecule has 5 rings (SSSR count). The SMILES string of the molecule is O=C1COc2cc(S(=O)(=O)n3cc(C[C@H]4CCCN4)c4ncccc43)ccc2N1. The number of aromatic nitrogens is 2. The molecular weight excluding hydrogens is 392 g/mol. The van der Waals surface area contributed by atoms with Gasteiger partial charge in [-0.05, 0) is 55.6 Å². The first-order valence-corrected chi connectivity index (χ1v) is 11.0. The topological polar surface area (TPSA) is 102 Å². The van der Waals surface area contributed by atoms with E-state index in [2.05, 4.69) is 15.6 Å². The van der Waals surface area contributed by atoms with Crippen molar-refractivity contribution in [3.8, 4) is 5.75 Å². The summed E-state index contributed by atoms with van der Waals surface area (Å²) < 4.78 is 33.5. The third-order valence-electron chi connectivity index (χ3n) is 5.37. The highest BCUT2D eigenvalue weighted by Crippen LogP contribution is 2.32. The zero-order valence-electron chi connectivity index (χ0n) is 15.6. The molecule has 2 aromatic heterocycles. The lowest BCUT2D eigenvalue weighted by Gasteiger charge is -2.18. The molecule has 0 spiro atoms. The van der Waals surface area contributed by atoms with Crippen LogP contribution in [-0.2, 0) is 21.2 Å². The quantitative estimate of drug-likeness (QED) is 0.679. The predicted molar refractivity (Wildman–Crippen MR) is 108 cm³/mol. The summed E-state index contributed by atoms with van der Waals surface area (Å²) in [5, 5.41) is 6.12. The smallest absolute Gasteiger partial charge is 0.268 e. The molecule has 1 atom stereocenters. The van der Waals surface area contributed by atoms with E-state index in [9.17, 15) is 13.2 Å². The number of ether oxygens (including phenoxy) is 1. The number of nitrogens with zero attached hydrogens (tertiary/aromatic N) is 2. The average molecular weight is 412 g/mol. The van der Waals surface area contributed by atoms with Crippen LogP contribution in [-0.4, -0.2) is 42.5 Å². The van der Waals surface area contributed by atoms with Crippen LogP contribution in [0, 0.1) is 0 Å². The first kappa shape index (κ1) is 18.1. The Hall–Kier alpha value is -2.91. The molecule has 0 aliphatic carbocycles. The number of carbonyl (C=O) groups excluding carboxylic acids is 1. The second-order valence-corrected chi connectivity index (χ2v) is 9.13. The van der Waals surface area contributed by atoms with E-state index in [1.54, 1.807) is 30.6 Å². The highest BCUT2D eigenvalue weighted by molar-refractivity contribution is 7.90. The monoisotopic (exact) mass is 412 g/mol. The lowest BCUT2D eigenvalue weighted by molar-refractivity contribution is -0.118. The zero-order chi connectivity index (χ0) is 20.0. The van der Waals surface area contributed by atoms with E-state index >= 15 is 0 Å². The molecule has 0 radical (unpaired) electrons. The van der Waals surface area contributed by atoms with Crippen LogP contribution >= 0.6 is 0 Å². The Bertz CT molecular complexity index is 1210. The summed E-state index contributed by atoms with van der Waals surface area (Å²) in [7, 11) is -3.86. The van der Waals surface area contributed by atoms with Crippen molar-refractivity contribution in [2.75, 3.05) is 18.5 Å². The number of amides is 1. The molecule has 1 saturated heterocycles. The summed E-state index contributed by atoms with van der Waals surface area (Å²) in [6, 6.07) is 8.30. The highest BCUT2D eigenvalue weighted by Gasteiger charge is 2.26. The number of nitrogens with one attached hydrogen (secondary N) is 2.